The fourth-order valence-electron chi connectivity index (χ4n) is 3.82. The van der Waals surface area contributed by atoms with Gasteiger partial charge in [0.25, 0.3) is 0 Å². The normalized spacial score (nSPS) is 15.1. The number of nitrogens with one attached hydrogen (secondary N) is 4. The molecular formula is C25H35N5O8. The average molecular weight is 534 g/mol. The van der Waals surface area contributed by atoms with Gasteiger partial charge in [0.2, 0.25) is 17.7 Å². The van der Waals surface area contributed by atoms with Crippen molar-refractivity contribution in [3.05, 3.63) is 36.0 Å². The summed E-state index contributed by atoms with van der Waals surface area (Å²) in [4.78, 5) is 64.3. The van der Waals surface area contributed by atoms with Crippen molar-refractivity contribution in [3.8, 4) is 0 Å². The zero-order valence-corrected chi connectivity index (χ0v) is 21.3. The molecule has 38 heavy (non-hydrogen) atoms. The molecular weight excluding hydrogens is 498 g/mol. The highest BCUT2D eigenvalue weighted by Crippen LogP contribution is 2.19. The van der Waals surface area contributed by atoms with Crippen molar-refractivity contribution in [3.63, 3.8) is 0 Å². The summed E-state index contributed by atoms with van der Waals surface area (Å²) in [5.74, 6) is -5.23. The van der Waals surface area contributed by atoms with E-state index in [9.17, 15) is 29.1 Å². The second-order valence-corrected chi connectivity index (χ2v) is 9.12. The van der Waals surface area contributed by atoms with Crippen molar-refractivity contribution < 1.29 is 39.3 Å². The lowest BCUT2D eigenvalue weighted by Gasteiger charge is -2.28. The maximum atomic E-state index is 13.4. The van der Waals surface area contributed by atoms with Gasteiger partial charge in [0, 0.05) is 29.9 Å². The number of aromatic nitrogens is 1. The first kappa shape index (κ1) is 30.3. The highest BCUT2D eigenvalue weighted by molar-refractivity contribution is 5.95. The molecule has 0 saturated carbocycles. The molecule has 1 aromatic heterocycles. The SMILES string of the molecule is CCC(C)C(NC(=O)C(Cc1c[nH]c2ccccc12)NC(=O)C(N)CCC(=O)O)C(=O)NC(CO)C(=O)O. The number of para-hydroxylation sites is 1. The van der Waals surface area contributed by atoms with E-state index in [1.165, 1.54) is 0 Å². The third-order valence-electron chi connectivity index (χ3n) is 6.33. The zero-order chi connectivity index (χ0) is 28.4. The number of fused-ring (bicyclic) bond motifs is 1. The number of carbonyl (C=O) groups is 5. The number of hydrogen-bond donors (Lipinski definition) is 8. The van der Waals surface area contributed by atoms with Gasteiger partial charge in [-0.3, -0.25) is 19.2 Å². The minimum absolute atomic E-state index is 0.0243. The third kappa shape index (κ3) is 8.28. The molecule has 0 saturated heterocycles. The molecule has 0 bridgehead atoms. The van der Waals surface area contributed by atoms with Crippen LogP contribution >= 0.6 is 0 Å². The molecule has 5 unspecified atom stereocenters. The highest BCUT2D eigenvalue weighted by Gasteiger charge is 2.33. The number of nitrogens with two attached hydrogens (primary N) is 1. The maximum Gasteiger partial charge on any atom is 0.328 e. The summed E-state index contributed by atoms with van der Waals surface area (Å²) in [6.07, 6.45) is 1.70. The topological polar surface area (TPSA) is 224 Å². The Morgan fingerprint density at radius 2 is 1.63 bits per heavy atom. The Labute approximate surface area is 219 Å². The number of amides is 3. The molecule has 0 aliphatic heterocycles. The summed E-state index contributed by atoms with van der Waals surface area (Å²) in [5.41, 5.74) is 7.36. The van der Waals surface area contributed by atoms with Crippen molar-refractivity contribution in [1.29, 1.82) is 0 Å². The van der Waals surface area contributed by atoms with Gasteiger partial charge in [-0.15, -0.1) is 0 Å². The molecule has 1 aromatic carbocycles. The van der Waals surface area contributed by atoms with Crippen LogP contribution in [0.15, 0.2) is 30.5 Å². The molecule has 1 heterocycles. The number of carbonyl (C=O) groups excluding carboxylic acids is 3. The van der Waals surface area contributed by atoms with Crippen molar-refractivity contribution in [2.45, 2.75) is 63.7 Å². The van der Waals surface area contributed by atoms with Gasteiger partial charge < -0.3 is 42.0 Å². The molecule has 0 radical (unpaired) electrons. The lowest BCUT2D eigenvalue weighted by Crippen LogP contribution is -2.59. The number of aliphatic hydroxyl groups excluding tert-OH is 1. The Kier molecular flexibility index (Phi) is 11.2. The summed E-state index contributed by atoms with van der Waals surface area (Å²) in [6.45, 7) is 2.63. The second kappa shape index (κ2) is 14.1. The van der Waals surface area contributed by atoms with Crippen LogP contribution in [-0.2, 0) is 30.4 Å². The van der Waals surface area contributed by atoms with E-state index in [0.717, 1.165) is 10.9 Å². The predicted octanol–water partition coefficient (Wildman–Crippen LogP) is -0.520. The van der Waals surface area contributed by atoms with Crippen LogP contribution in [0.3, 0.4) is 0 Å². The molecule has 2 aromatic rings. The van der Waals surface area contributed by atoms with Crippen LogP contribution in [0.2, 0.25) is 0 Å². The van der Waals surface area contributed by atoms with Gasteiger partial charge in [-0.1, -0.05) is 38.5 Å². The van der Waals surface area contributed by atoms with Crippen molar-refractivity contribution in [2.24, 2.45) is 11.7 Å². The van der Waals surface area contributed by atoms with Crippen LogP contribution in [-0.4, -0.2) is 80.7 Å². The van der Waals surface area contributed by atoms with Gasteiger partial charge in [-0.05, 0) is 24.0 Å². The van der Waals surface area contributed by atoms with Gasteiger partial charge in [0.15, 0.2) is 0 Å². The van der Waals surface area contributed by atoms with Gasteiger partial charge >= 0.3 is 11.9 Å². The summed E-state index contributed by atoms with van der Waals surface area (Å²) >= 11 is 0. The largest absolute Gasteiger partial charge is 0.481 e. The lowest BCUT2D eigenvalue weighted by molar-refractivity contribution is -0.143. The minimum Gasteiger partial charge on any atom is -0.481 e. The first-order valence-electron chi connectivity index (χ1n) is 12.3. The number of rotatable bonds is 15. The quantitative estimate of drug-likeness (QED) is 0.147. The summed E-state index contributed by atoms with van der Waals surface area (Å²) < 4.78 is 0. The van der Waals surface area contributed by atoms with Gasteiger partial charge in [0.1, 0.15) is 18.1 Å². The summed E-state index contributed by atoms with van der Waals surface area (Å²) in [5, 5.41) is 35.5. The molecule has 208 valence electrons. The van der Waals surface area contributed by atoms with Crippen LogP contribution < -0.4 is 21.7 Å². The molecule has 9 N–H and O–H groups in total. The Hall–Kier alpha value is -3.97. The van der Waals surface area contributed by atoms with Crippen LogP contribution in [0, 0.1) is 5.92 Å². The van der Waals surface area contributed by atoms with Crippen molar-refractivity contribution >= 4 is 40.6 Å². The van der Waals surface area contributed by atoms with E-state index < -0.39 is 66.4 Å². The van der Waals surface area contributed by atoms with Crippen LogP contribution in [0.4, 0.5) is 0 Å². The van der Waals surface area contributed by atoms with Gasteiger partial charge in [-0.25, -0.2) is 4.79 Å². The van der Waals surface area contributed by atoms with E-state index in [1.54, 1.807) is 20.0 Å². The smallest absolute Gasteiger partial charge is 0.328 e. The third-order valence-corrected chi connectivity index (χ3v) is 6.33. The first-order chi connectivity index (χ1) is 18.0. The first-order valence-corrected chi connectivity index (χ1v) is 12.3. The van der Waals surface area contributed by atoms with E-state index in [-0.39, 0.29) is 19.3 Å². The molecule has 13 heteroatoms. The standard InChI is InChI=1S/C25H35N5O8/c1-3-13(2)21(24(36)29-19(12-31)25(37)38)30-23(35)18(28-22(34)16(26)8-9-20(32)33)10-14-11-27-17-7-5-4-6-15(14)17/h4-7,11,13,16,18-19,21,27,31H,3,8-10,12,26H2,1-2H3,(H,28,34)(H,29,36)(H,30,35)(H,32,33)(H,37,38). The number of H-pyrrole nitrogens is 1. The minimum atomic E-state index is -1.56. The van der Waals surface area contributed by atoms with E-state index >= 15 is 0 Å². The molecule has 0 fully saturated rings. The molecule has 2 rings (SSSR count). The number of carboxylic acids is 2. The lowest BCUT2D eigenvalue weighted by atomic mass is 9.96. The van der Waals surface area contributed by atoms with Crippen molar-refractivity contribution in [1.82, 2.24) is 20.9 Å². The zero-order valence-electron chi connectivity index (χ0n) is 21.3. The maximum absolute atomic E-state index is 13.4. The number of aromatic amines is 1. The molecule has 0 spiro atoms. The molecule has 0 aliphatic carbocycles. The van der Waals surface area contributed by atoms with Crippen LogP contribution in [0.25, 0.3) is 10.9 Å². The Morgan fingerprint density at radius 1 is 0.974 bits per heavy atom. The number of benzene rings is 1. The molecule has 3 amide bonds. The van der Waals surface area contributed by atoms with E-state index in [1.807, 2.05) is 24.3 Å². The number of aliphatic hydroxyl groups is 1. The summed E-state index contributed by atoms with van der Waals surface area (Å²) in [7, 11) is 0. The second-order valence-electron chi connectivity index (χ2n) is 9.12. The van der Waals surface area contributed by atoms with E-state index in [0.29, 0.717) is 12.0 Å². The Morgan fingerprint density at radius 3 is 2.24 bits per heavy atom. The molecule has 0 aliphatic rings. The fourth-order valence-corrected chi connectivity index (χ4v) is 3.82. The Balaban J connectivity index is 2.30. The fraction of sp³-hybridized carbons (Fsp3) is 0.480. The van der Waals surface area contributed by atoms with E-state index in [4.69, 9.17) is 15.9 Å². The van der Waals surface area contributed by atoms with Gasteiger partial charge in [-0.2, -0.15) is 0 Å². The number of carboxylic acid groups (broad SMARTS) is 2. The van der Waals surface area contributed by atoms with Crippen LogP contribution in [0.5, 0.6) is 0 Å². The Bertz CT molecular complexity index is 1150. The average Bonchev–Trinajstić information content (AvgIpc) is 3.30. The summed E-state index contributed by atoms with van der Waals surface area (Å²) in [6, 6.07) is 2.25. The van der Waals surface area contributed by atoms with Crippen LogP contribution in [0.1, 0.15) is 38.7 Å². The monoisotopic (exact) mass is 533 g/mol. The van der Waals surface area contributed by atoms with Gasteiger partial charge in [0.05, 0.1) is 12.6 Å². The van der Waals surface area contributed by atoms with E-state index in [2.05, 4.69) is 20.9 Å². The highest BCUT2D eigenvalue weighted by atomic mass is 16.4. The predicted molar refractivity (Wildman–Crippen MR) is 137 cm³/mol. The molecule has 5 atom stereocenters. The number of aliphatic carboxylic acids is 2. The van der Waals surface area contributed by atoms with Crippen molar-refractivity contribution in [2.75, 3.05) is 6.61 Å². The number of hydrogen-bond acceptors (Lipinski definition) is 7. The molecule has 13 nitrogen and oxygen atoms in total.